The summed E-state index contributed by atoms with van der Waals surface area (Å²) in [6, 6.07) is 9.13. The molecule has 12 heteroatoms. The molecule has 3 unspecified atom stereocenters. The van der Waals surface area contributed by atoms with E-state index in [9.17, 15) is 27.3 Å². The van der Waals surface area contributed by atoms with E-state index in [1.54, 1.807) is 22.8 Å². The number of anilines is 1. The van der Waals surface area contributed by atoms with Crippen molar-refractivity contribution in [2.24, 2.45) is 5.73 Å². The van der Waals surface area contributed by atoms with Gasteiger partial charge in [-0.2, -0.15) is 17.5 Å². The lowest BCUT2D eigenvalue weighted by molar-refractivity contribution is -0.137. The summed E-state index contributed by atoms with van der Waals surface area (Å²) in [5.74, 6) is -0.950. The number of alkyl halides is 3. The van der Waals surface area contributed by atoms with Gasteiger partial charge >= 0.3 is 6.18 Å². The number of nitrogens with two attached hydrogens (primary N) is 1. The number of aromatic nitrogens is 2. The summed E-state index contributed by atoms with van der Waals surface area (Å²) in [4.78, 5) is 29.6. The first kappa shape index (κ1) is 29.5. The lowest BCUT2D eigenvalue weighted by atomic mass is 10.1. The first-order chi connectivity index (χ1) is 19.9. The van der Waals surface area contributed by atoms with Gasteiger partial charge in [-0.05, 0) is 69.7 Å². The minimum absolute atomic E-state index is 0.0297. The molecule has 3 N–H and O–H groups in total. The first-order valence-corrected chi connectivity index (χ1v) is 14.7. The molecule has 2 heterocycles. The molecule has 0 spiro atoms. The Morgan fingerprint density at radius 1 is 1.19 bits per heavy atom. The SMILES string of the molecule is CCn1c(-c2ccc(N3C(C)CC(C)[S+]3[O-])cc2)nc2cc(C(F)(F)F)cc(C(=O)NC3=CCC(C(N)=O)=CC=C3)c21. The van der Waals surface area contributed by atoms with Crippen LogP contribution in [0.5, 0.6) is 0 Å². The fourth-order valence-electron chi connectivity index (χ4n) is 5.38. The molecule has 5 rings (SSSR count). The summed E-state index contributed by atoms with van der Waals surface area (Å²) in [7, 11) is 0. The molecule has 1 aromatic heterocycles. The van der Waals surface area contributed by atoms with Gasteiger partial charge in [0.1, 0.15) is 11.1 Å². The average Bonchev–Trinajstić information content (AvgIpc) is 3.32. The topological polar surface area (TPSA) is 116 Å². The van der Waals surface area contributed by atoms with Crippen LogP contribution in [0.1, 0.15) is 49.5 Å². The van der Waals surface area contributed by atoms with Crippen LogP contribution < -0.4 is 15.4 Å². The maximum atomic E-state index is 13.9. The van der Waals surface area contributed by atoms with E-state index in [-0.39, 0.29) is 34.3 Å². The first-order valence-electron chi connectivity index (χ1n) is 13.5. The number of carbonyl (C=O) groups excluding carboxylic acids is 2. The number of hydrogen-bond acceptors (Lipinski definition) is 5. The number of fused-ring (bicyclic) bond motifs is 1. The van der Waals surface area contributed by atoms with Crippen molar-refractivity contribution >= 4 is 39.9 Å². The van der Waals surface area contributed by atoms with Gasteiger partial charge in [0.2, 0.25) is 5.91 Å². The van der Waals surface area contributed by atoms with Crippen LogP contribution in [0.15, 0.2) is 72.0 Å². The molecular weight excluding hydrogens is 567 g/mol. The van der Waals surface area contributed by atoms with Crippen LogP contribution >= 0.6 is 0 Å². The van der Waals surface area contributed by atoms with Crippen molar-refractivity contribution in [1.29, 1.82) is 0 Å². The van der Waals surface area contributed by atoms with Crippen molar-refractivity contribution in [3.8, 4) is 11.4 Å². The number of nitrogens with zero attached hydrogens (tertiary/aromatic N) is 3. The Bertz CT molecular complexity index is 1640. The number of allylic oxidation sites excluding steroid dienone is 4. The van der Waals surface area contributed by atoms with Gasteiger partial charge in [0.15, 0.2) is 0 Å². The maximum Gasteiger partial charge on any atom is 0.416 e. The molecule has 8 nitrogen and oxygen atoms in total. The predicted molar refractivity (Wildman–Crippen MR) is 157 cm³/mol. The van der Waals surface area contributed by atoms with Crippen LogP contribution in [0.25, 0.3) is 22.4 Å². The Morgan fingerprint density at radius 2 is 1.90 bits per heavy atom. The Labute approximate surface area is 244 Å². The molecule has 220 valence electrons. The molecule has 2 aromatic carbocycles. The fourth-order valence-corrected chi connectivity index (χ4v) is 6.98. The molecule has 1 fully saturated rings. The Morgan fingerprint density at radius 3 is 2.50 bits per heavy atom. The predicted octanol–water partition coefficient (Wildman–Crippen LogP) is 5.38. The molecule has 1 saturated heterocycles. The number of nitrogens with one attached hydrogen (secondary N) is 1. The minimum atomic E-state index is -4.71. The van der Waals surface area contributed by atoms with Crippen molar-refractivity contribution in [1.82, 2.24) is 14.9 Å². The Balaban J connectivity index is 1.55. The van der Waals surface area contributed by atoms with Crippen molar-refractivity contribution in [2.45, 2.75) is 57.6 Å². The second-order valence-electron chi connectivity index (χ2n) is 10.3. The number of benzene rings is 2. The van der Waals surface area contributed by atoms with E-state index >= 15 is 0 Å². The zero-order valence-corrected chi connectivity index (χ0v) is 24.1. The van der Waals surface area contributed by atoms with Crippen molar-refractivity contribution in [3.63, 3.8) is 0 Å². The van der Waals surface area contributed by atoms with Crippen LogP contribution in [0.3, 0.4) is 0 Å². The molecular formula is C30H30F3N5O3S. The highest BCUT2D eigenvalue weighted by Gasteiger charge is 2.40. The number of carbonyl (C=O) groups is 2. The molecule has 2 aliphatic rings. The number of hydrogen-bond donors (Lipinski definition) is 2. The molecule has 1 aliphatic carbocycles. The third kappa shape index (κ3) is 5.56. The molecule has 42 heavy (non-hydrogen) atoms. The zero-order chi connectivity index (χ0) is 30.3. The van der Waals surface area contributed by atoms with Crippen LogP contribution in [0.2, 0.25) is 0 Å². The number of primary amides is 1. The molecule has 2 amide bonds. The molecule has 1 aliphatic heterocycles. The molecule has 0 radical (unpaired) electrons. The van der Waals surface area contributed by atoms with Gasteiger partial charge in [-0.15, -0.1) is 0 Å². The van der Waals surface area contributed by atoms with Crippen LogP contribution in [-0.4, -0.2) is 37.2 Å². The smallest absolute Gasteiger partial charge is 0.416 e. The average molecular weight is 598 g/mol. The standard InChI is InChI=1S/C30H30F3N5O3S/c1-4-37-26-24(29(40)35-22-7-5-6-19(8-11-22)27(34)39)15-21(30(31,32)33)16-25(26)36-28(37)20-9-12-23(13-10-20)38-17(2)14-18(3)42(38)41/h5-7,9-13,15-18H,4,8,14H2,1-3H3,(H2,34,39)(H,35,40). The highest BCUT2D eigenvalue weighted by Crippen LogP contribution is 2.37. The summed E-state index contributed by atoms with van der Waals surface area (Å²) in [6.07, 6.45) is 2.43. The van der Waals surface area contributed by atoms with E-state index in [2.05, 4.69) is 10.3 Å². The number of amides is 2. The molecule has 3 atom stereocenters. The second kappa shape index (κ2) is 11.3. The summed E-state index contributed by atoms with van der Waals surface area (Å²) < 4.78 is 58.1. The monoisotopic (exact) mass is 597 g/mol. The number of rotatable bonds is 6. The van der Waals surface area contributed by atoms with E-state index in [1.165, 1.54) is 18.2 Å². The van der Waals surface area contributed by atoms with Crippen LogP contribution in [0.4, 0.5) is 18.9 Å². The molecule has 3 aromatic rings. The second-order valence-corrected chi connectivity index (χ2v) is 12.1. The number of aryl methyl sites for hydroxylation is 1. The van der Waals surface area contributed by atoms with E-state index in [4.69, 9.17) is 5.73 Å². The highest BCUT2D eigenvalue weighted by molar-refractivity contribution is 7.93. The van der Waals surface area contributed by atoms with Gasteiger partial charge in [0.05, 0.1) is 45.3 Å². The van der Waals surface area contributed by atoms with Crippen LogP contribution in [-0.2, 0) is 28.9 Å². The maximum absolute atomic E-state index is 13.9. The number of halogens is 3. The van der Waals surface area contributed by atoms with Gasteiger partial charge in [-0.1, -0.05) is 18.2 Å². The minimum Gasteiger partial charge on any atom is -0.593 e. The molecule has 0 saturated carbocycles. The van der Waals surface area contributed by atoms with Crippen molar-refractivity contribution in [3.05, 3.63) is 83.1 Å². The molecule has 0 bridgehead atoms. The van der Waals surface area contributed by atoms with Gasteiger partial charge in [-0.25, -0.2) is 4.98 Å². The summed E-state index contributed by atoms with van der Waals surface area (Å²) in [5, 5.41) is 2.71. The third-order valence-electron chi connectivity index (χ3n) is 7.41. The summed E-state index contributed by atoms with van der Waals surface area (Å²) in [6.45, 7) is 6.12. The summed E-state index contributed by atoms with van der Waals surface area (Å²) in [5.41, 5.74) is 6.53. The Kier molecular flexibility index (Phi) is 7.95. The van der Waals surface area contributed by atoms with Gasteiger partial charge in [-0.3, -0.25) is 9.59 Å². The van der Waals surface area contributed by atoms with Crippen LogP contribution in [0, 0.1) is 0 Å². The largest absolute Gasteiger partial charge is 0.593 e. The number of imidazole rings is 1. The van der Waals surface area contributed by atoms with Crippen molar-refractivity contribution < 1.29 is 27.3 Å². The van der Waals surface area contributed by atoms with E-state index in [0.29, 0.717) is 29.2 Å². The van der Waals surface area contributed by atoms with E-state index < -0.39 is 34.9 Å². The fraction of sp³-hybridized carbons (Fsp3) is 0.300. The van der Waals surface area contributed by atoms with E-state index in [1.807, 2.05) is 37.2 Å². The van der Waals surface area contributed by atoms with Gasteiger partial charge in [0.25, 0.3) is 5.91 Å². The lowest BCUT2D eigenvalue weighted by Gasteiger charge is -2.24. The van der Waals surface area contributed by atoms with E-state index in [0.717, 1.165) is 24.2 Å². The lowest BCUT2D eigenvalue weighted by Crippen LogP contribution is -2.32. The Hall–Kier alpha value is -4.03. The quantitative estimate of drug-likeness (QED) is 0.370. The third-order valence-corrected chi connectivity index (χ3v) is 9.25. The van der Waals surface area contributed by atoms with Gasteiger partial charge < -0.3 is 20.2 Å². The highest BCUT2D eigenvalue weighted by atomic mass is 32.2. The van der Waals surface area contributed by atoms with Gasteiger partial charge in [0, 0.05) is 29.8 Å². The van der Waals surface area contributed by atoms with Crippen molar-refractivity contribution in [2.75, 3.05) is 4.31 Å². The normalized spacial score (nSPS) is 20.8. The summed E-state index contributed by atoms with van der Waals surface area (Å²) >= 11 is -1.16. The zero-order valence-electron chi connectivity index (χ0n) is 23.2.